The lowest BCUT2D eigenvalue weighted by atomic mass is 10.0. The first kappa shape index (κ1) is 21.7. The van der Waals surface area contributed by atoms with Crippen LogP contribution < -0.4 is 11.1 Å². The summed E-state index contributed by atoms with van der Waals surface area (Å²) in [6.07, 6.45) is -0.0767. The number of aliphatic carboxylic acids is 1. The zero-order valence-electron chi connectivity index (χ0n) is 16.1. The van der Waals surface area contributed by atoms with E-state index < -0.39 is 29.2 Å². The Bertz CT molecular complexity index is 1070. The fourth-order valence-electron chi connectivity index (χ4n) is 3.11. The van der Waals surface area contributed by atoms with Crippen molar-refractivity contribution in [2.24, 2.45) is 5.73 Å². The van der Waals surface area contributed by atoms with E-state index in [0.717, 1.165) is 0 Å². The van der Waals surface area contributed by atoms with Gasteiger partial charge in [-0.3, -0.25) is 14.5 Å². The lowest BCUT2D eigenvalue weighted by molar-refractivity contribution is -0.150. The van der Waals surface area contributed by atoms with Crippen LogP contribution in [0.4, 0.5) is 0 Å². The number of carboxylic acid groups (broad SMARTS) is 1. The molecule has 0 aromatic carbocycles. The van der Waals surface area contributed by atoms with Crippen LogP contribution in [0.5, 0.6) is 0 Å². The largest absolute Gasteiger partial charge is 0.477 e. The second-order valence-electron chi connectivity index (χ2n) is 6.64. The predicted octanol–water partition coefficient (Wildman–Crippen LogP) is -0.238. The van der Waals surface area contributed by atoms with Crippen molar-refractivity contribution >= 4 is 52.6 Å². The summed E-state index contributed by atoms with van der Waals surface area (Å²) >= 11 is 4.11. The fraction of sp³-hybridized carbons (Fsp3) is 0.438. The molecule has 2 aliphatic heterocycles. The molecule has 12 nitrogen and oxygen atoms in total. The van der Waals surface area contributed by atoms with E-state index in [-0.39, 0.29) is 12.1 Å². The van der Waals surface area contributed by atoms with Crippen LogP contribution in [0, 0.1) is 6.92 Å². The third-order valence-corrected chi connectivity index (χ3v) is 8.14. The van der Waals surface area contributed by atoms with Crippen molar-refractivity contribution in [1.82, 2.24) is 30.7 Å². The van der Waals surface area contributed by atoms with Crippen molar-refractivity contribution in [3.63, 3.8) is 0 Å². The number of nitrogens with one attached hydrogen (secondary N) is 1. The van der Waals surface area contributed by atoms with Crippen LogP contribution in [-0.2, 0) is 27.3 Å². The third-order valence-electron chi connectivity index (χ3n) is 4.63. The summed E-state index contributed by atoms with van der Waals surface area (Å²) in [4.78, 5) is 38.1. The molecule has 0 bridgehead atoms. The highest BCUT2D eigenvalue weighted by Crippen LogP contribution is 2.41. The summed E-state index contributed by atoms with van der Waals surface area (Å²) in [6, 6.07) is -0.795. The van der Waals surface area contributed by atoms with Gasteiger partial charge >= 0.3 is 5.97 Å². The molecule has 4 heterocycles. The summed E-state index contributed by atoms with van der Waals surface area (Å²) in [5, 5.41) is 27.8. The molecule has 2 amide bonds. The van der Waals surface area contributed by atoms with Crippen molar-refractivity contribution < 1.29 is 24.1 Å². The molecule has 164 valence electrons. The number of hydrogen-bond acceptors (Lipinski definition) is 12. The standard InChI is InChI=1S/C16H17N7O5S3/c1-6-8(22-28-21-6)2-9(24)18-11-13(25)23-12(15(26)27)7(4-29-14(11)23)5-30-16-20-19-10(3-17)31-16/h11,14H,2-5,17H2,1H3,(H,18,24)(H,26,27)/t11?,14-/m0/s1. The van der Waals surface area contributed by atoms with Crippen LogP contribution in [0.25, 0.3) is 0 Å². The van der Waals surface area contributed by atoms with Crippen molar-refractivity contribution in [2.45, 2.75) is 35.6 Å². The molecule has 31 heavy (non-hydrogen) atoms. The average molecular weight is 484 g/mol. The SMILES string of the molecule is Cc1nonc1CC(=O)NC1C(=O)N2C(C(=O)O)=C(CSc3nnc(CN)s3)CS[C@@H]12. The Balaban J connectivity index is 1.43. The lowest BCUT2D eigenvalue weighted by Gasteiger charge is -2.49. The minimum Gasteiger partial charge on any atom is -0.477 e. The minimum absolute atomic E-state index is 0.0353. The molecule has 1 saturated heterocycles. The van der Waals surface area contributed by atoms with E-state index in [2.05, 4.69) is 30.5 Å². The molecule has 15 heteroatoms. The molecule has 0 radical (unpaired) electrons. The smallest absolute Gasteiger partial charge is 0.352 e. The van der Waals surface area contributed by atoms with E-state index >= 15 is 0 Å². The monoisotopic (exact) mass is 483 g/mol. The van der Waals surface area contributed by atoms with Gasteiger partial charge in [-0.1, -0.05) is 33.4 Å². The summed E-state index contributed by atoms with van der Waals surface area (Å²) in [6.45, 7) is 1.95. The minimum atomic E-state index is -1.18. The predicted molar refractivity (Wildman–Crippen MR) is 111 cm³/mol. The second-order valence-corrected chi connectivity index (χ2v) is 10.0. The summed E-state index contributed by atoms with van der Waals surface area (Å²) in [7, 11) is 0. The molecule has 2 aliphatic rings. The number of β-lactam (4-membered cyclic amide) rings is 1. The first-order chi connectivity index (χ1) is 14.9. The number of nitrogens with zero attached hydrogens (tertiary/aromatic N) is 5. The van der Waals surface area contributed by atoms with Gasteiger partial charge in [0, 0.05) is 18.1 Å². The number of fused-ring (bicyclic) bond motifs is 1. The number of amides is 2. The van der Waals surface area contributed by atoms with Crippen molar-refractivity contribution in [3.8, 4) is 0 Å². The maximum Gasteiger partial charge on any atom is 0.352 e. The highest BCUT2D eigenvalue weighted by molar-refractivity contribution is 8.01. The number of thioether (sulfide) groups is 2. The first-order valence-corrected chi connectivity index (χ1v) is 11.9. The number of carbonyl (C=O) groups excluding carboxylic acids is 2. The number of hydrogen-bond donors (Lipinski definition) is 3. The Kier molecular flexibility index (Phi) is 6.27. The number of carbonyl (C=O) groups is 3. The Hall–Kier alpha value is -2.49. The van der Waals surface area contributed by atoms with Crippen LogP contribution in [0.15, 0.2) is 20.2 Å². The molecular formula is C16H17N7O5S3. The molecule has 0 saturated carbocycles. The zero-order valence-corrected chi connectivity index (χ0v) is 18.6. The molecule has 2 aromatic heterocycles. The van der Waals surface area contributed by atoms with Gasteiger partial charge in [-0.15, -0.1) is 22.0 Å². The maximum atomic E-state index is 12.7. The van der Waals surface area contributed by atoms with E-state index in [0.29, 0.717) is 44.4 Å². The first-order valence-electron chi connectivity index (χ1n) is 9.01. The van der Waals surface area contributed by atoms with Gasteiger partial charge in [0.2, 0.25) is 5.91 Å². The maximum absolute atomic E-state index is 12.7. The van der Waals surface area contributed by atoms with Crippen LogP contribution in [0.1, 0.15) is 16.4 Å². The molecule has 2 atom stereocenters. The van der Waals surface area contributed by atoms with Gasteiger partial charge in [-0.05, 0) is 12.5 Å². The van der Waals surface area contributed by atoms with Crippen LogP contribution in [-0.4, -0.2) is 71.2 Å². The number of aromatic nitrogens is 4. The molecule has 0 spiro atoms. The molecule has 4 N–H and O–H groups in total. The summed E-state index contributed by atoms with van der Waals surface area (Å²) in [5.41, 5.74) is 7.00. The summed E-state index contributed by atoms with van der Waals surface area (Å²) < 4.78 is 5.25. The van der Waals surface area contributed by atoms with Gasteiger partial charge in [0.05, 0.1) is 6.42 Å². The molecule has 2 aromatic rings. The zero-order chi connectivity index (χ0) is 22.1. The topological polar surface area (TPSA) is 177 Å². The number of nitrogens with two attached hydrogens (primary N) is 1. The lowest BCUT2D eigenvalue weighted by Crippen LogP contribution is -2.70. The van der Waals surface area contributed by atoms with Crippen LogP contribution >= 0.6 is 34.9 Å². The van der Waals surface area contributed by atoms with Gasteiger partial charge in [0.25, 0.3) is 5.91 Å². The Morgan fingerprint density at radius 2 is 2.19 bits per heavy atom. The Morgan fingerprint density at radius 3 is 2.84 bits per heavy atom. The molecule has 1 unspecified atom stereocenters. The third kappa shape index (κ3) is 4.30. The van der Waals surface area contributed by atoms with Crippen LogP contribution in [0.3, 0.4) is 0 Å². The molecule has 4 rings (SSSR count). The normalized spacial score (nSPS) is 20.5. The molecular weight excluding hydrogens is 466 g/mol. The van der Waals surface area contributed by atoms with Gasteiger partial charge in [0.15, 0.2) is 4.34 Å². The van der Waals surface area contributed by atoms with Gasteiger partial charge in [-0.2, -0.15) is 0 Å². The van der Waals surface area contributed by atoms with Crippen molar-refractivity contribution in [2.75, 3.05) is 11.5 Å². The van der Waals surface area contributed by atoms with E-state index in [9.17, 15) is 19.5 Å². The molecule has 1 fully saturated rings. The second kappa shape index (κ2) is 8.94. The van der Waals surface area contributed by atoms with Gasteiger partial charge in [-0.25, -0.2) is 9.42 Å². The van der Waals surface area contributed by atoms with Gasteiger partial charge in [0.1, 0.15) is 33.5 Å². The van der Waals surface area contributed by atoms with Crippen molar-refractivity contribution in [1.29, 1.82) is 0 Å². The van der Waals surface area contributed by atoms with E-state index in [1.807, 2.05) is 0 Å². The van der Waals surface area contributed by atoms with E-state index in [1.54, 1.807) is 6.92 Å². The van der Waals surface area contributed by atoms with E-state index in [4.69, 9.17) is 5.73 Å². The fourth-order valence-corrected chi connectivity index (χ4v) is 6.37. The van der Waals surface area contributed by atoms with Crippen molar-refractivity contribution in [3.05, 3.63) is 27.7 Å². The Labute approximate surface area is 188 Å². The average Bonchev–Trinajstić information content (AvgIpc) is 3.38. The highest BCUT2D eigenvalue weighted by Gasteiger charge is 2.54. The van der Waals surface area contributed by atoms with Crippen LogP contribution in [0.2, 0.25) is 0 Å². The van der Waals surface area contributed by atoms with E-state index in [1.165, 1.54) is 39.8 Å². The highest BCUT2D eigenvalue weighted by atomic mass is 32.2. The number of rotatable bonds is 8. The number of carboxylic acids is 1. The molecule has 0 aliphatic carbocycles. The van der Waals surface area contributed by atoms with Gasteiger partial charge < -0.3 is 16.2 Å². The summed E-state index contributed by atoms with van der Waals surface area (Å²) in [5.74, 6) is -1.26. The Morgan fingerprint density at radius 1 is 1.39 bits per heavy atom. The number of aryl methyl sites for hydroxylation is 1. The quantitative estimate of drug-likeness (QED) is 0.332.